The van der Waals surface area contributed by atoms with Gasteiger partial charge in [0.1, 0.15) is 11.3 Å². The van der Waals surface area contributed by atoms with Gasteiger partial charge in [-0.2, -0.15) is 4.98 Å². The molecule has 0 aliphatic heterocycles. The van der Waals surface area contributed by atoms with Crippen LogP contribution in [-0.4, -0.2) is 37.1 Å². The Hall–Kier alpha value is -3.32. The molecule has 3 heterocycles. The largest absolute Gasteiger partial charge is 0.324 e. The van der Waals surface area contributed by atoms with Gasteiger partial charge in [0, 0.05) is 36.2 Å². The van der Waals surface area contributed by atoms with E-state index in [9.17, 15) is 0 Å². The smallest absolute Gasteiger partial charge is 0.229 e. The molecule has 164 valence electrons. The summed E-state index contributed by atoms with van der Waals surface area (Å²) in [6.07, 6.45) is 11.8. The average Bonchev–Trinajstić information content (AvgIpc) is 3.48. The fourth-order valence-electron chi connectivity index (χ4n) is 4.43. The van der Waals surface area contributed by atoms with Crippen LogP contribution in [0.3, 0.4) is 0 Å². The van der Waals surface area contributed by atoms with Crippen LogP contribution in [-0.2, 0) is 13.0 Å². The van der Waals surface area contributed by atoms with Crippen molar-refractivity contribution in [2.24, 2.45) is 0 Å². The van der Waals surface area contributed by atoms with E-state index in [1.165, 1.54) is 31.2 Å². The summed E-state index contributed by atoms with van der Waals surface area (Å²) in [4.78, 5) is 18.1. The average molecular weight is 428 g/mol. The van der Waals surface area contributed by atoms with Crippen molar-refractivity contribution >= 4 is 22.8 Å². The Kier molecular flexibility index (Phi) is 6.07. The molecule has 5 rings (SSSR count). The summed E-state index contributed by atoms with van der Waals surface area (Å²) in [5.74, 6) is 1.45. The Morgan fingerprint density at radius 1 is 1.00 bits per heavy atom. The van der Waals surface area contributed by atoms with Crippen molar-refractivity contribution in [3.05, 3.63) is 60.6 Å². The first-order valence-electron chi connectivity index (χ1n) is 11.5. The van der Waals surface area contributed by atoms with Gasteiger partial charge >= 0.3 is 0 Å². The maximum absolute atomic E-state index is 4.76. The van der Waals surface area contributed by atoms with Gasteiger partial charge in [-0.3, -0.25) is 4.98 Å². The van der Waals surface area contributed by atoms with Crippen LogP contribution in [0, 0.1) is 0 Å². The predicted octanol–water partition coefficient (Wildman–Crippen LogP) is 4.73. The van der Waals surface area contributed by atoms with Crippen molar-refractivity contribution in [1.29, 1.82) is 0 Å². The lowest BCUT2D eigenvalue weighted by atomic mass is 10.1. The van der Waals surface area contributed by atoms with Crippen LogP contribution in [0.1, 0.15) is 38.2 Å². The van der Waals surface area contributed by atoms with E-state index in [-0.39, 0.29) is 0 Å². The molecule has 0 spiro atoms. The summed E-state index contributed by atoms with van der Waals surface area (Å²) in [5, 5.41) is 7.01. The van der Waals surface area contributed by atoms with Gasteiger partial charge in [0.2, 0.25) is 5.95 Å². The topological polar surface area (TPSA) is 80.5 Å². The van der Waals surface area contributed by atoms with Crippen LogP contribution in [0.25, 0.3) is 22.6 Å². The monoisotopic (exact) mass is 427 g/mol. The number of fused-ring (bicyclic) bond motifs is 1. The molecule has 0 amide bonds. The van der Waals surface area contributed by atoms with E-state index in [1.807, 2.05) is 12.1 Å². The van der Waals surface area contributed by atoms with Crippen LogP contribution in [0.2, 0.25) is 0 Å². The maximum Gasteiger partial charge on any atom is 0.229 e. The van der Waals surface area contributed by atoms with Gasteiger partial charge in [0.15, 0.2) is 5.65 Å². The second-order valence-corrected chi connectivity index (χ2v) is 8.33. The minimum Gasteiger partial charge on any atom is -0.324 e. The first-order chi connectivity index (χ1) is 15.8. The highest BCUT2D eigenvalue weighted by atomic mass is 15.2. The van der Waals surface area contributed by atoms with E-state index in [0.29, 0.717) is 5.95 Å². The van der Waals surface area contributed by atoms with Gasteiger partial charge in [-0.25, -0.2) is 9.97 Å². The van der Waals surface area contributed by atoms with Crippen molar-refractivity contribution in [2.45, 2.75) is 51.6 Å². The lowest BCUT2D eigenvalue weighted by molar-refractivity contribution is 0.528. The Bertz CT molecular complexity index is 1160. The minimum absolute atomic E-state index is 0.573. The Morgan fingerprint density at radius 3 is 2.53 bits per heavy atom. The summed E-state index contributed by atoms with van der Waals surface area (Å²) in [5.41, 5.74) is 4.95. The fourth-order valence-corrected chi connectivity index (χ4v) is 4.43. The van der Waals surface area contributed by atoms with Gasteiger partial charge < -0.3 is 15.2 Å². The molecule has 1 fully saturated rings. The number of rotatable bonds is 8. The molecular formula is C25H29N7. The molecule has 2 N–H and O–H groups in total. The van der Waals surface area contributed by atoms with Crippen LogP contribution in [0.5, 0.6) is 0 Å². The highest BCUT2D eigenvalue weighted by Crippen LogP contribution is 2.24. The number of hydrogen-bond donors (Lipinski definition) is 2. The van der Waals surface area contributed by atoms with E-state index in [4.69, 9.17) is 9.97 Å². The molecule has 1 aliphatic carbocycles. The number of pyridine rings is 1. The second kappa shape index (κ2) is 9.44. The minimum atomic E-state index is 0.573. The molecule has 1 aliphatic rings. The molecule has 0 saturated heterocycles. The lowest BCUT2D eigenvalue weighted by Gasteiger charge is -2.12. The Morgan fingerprint density at radius 2 is 1.78 bits per heavy atom. The third kappa shape index (κ3) is 4.48. The third-order valence-electron chi connectivity index (χ3n) is 6.15. The number of aromatic nitrogens is 5. The number of imidazole rings is 1. The van der Waals surface area contributed by atoms with E-state index in [0.717, 1.165) is 53.8 Å². The van der Waals surface area contributed by atoms with E-state index >= 15 is 0 Å². The number of hydrogen-bond acceptors (Lipinski definition) is 6. The van der Waals surface area contributed by atoms with Crippen molar-refractivity contribution in [1.82, 2.24) is 29.8 Å². The fraction of sp³-hybridized carbons (Fsp3) is 0.360. The number of aryl methyl sites for hydroxylation is 1. The van der Waals surface area contributed by atoms with Gasteiger partial charge in [0.05, 0.1) is 6.20 Å². The molecule has 7 heteroatoms. The van der Waals surface area contributed by atoms with Crippen LogP contribution >= 0.6 is 0 Å². The third-order valence-corrected chi connectivity index (χ3v) is 6.15. The summed E-state index contributed by atoms with van der Waals surface area (Å²) in [7, 11) is 0. The van der Waals surface area contributed by atoms with Gasteiger partial charge in [-0.1, -0.05) is 25.0 Å². The van der Waals surface area contributed by atoms with Crippen molar-refractivity contribution in [2.75, 3.05) is 11.9 Å². The van der Waals surface area contributed by atoms with E-state index in [2.05, 4.69) is 56.4 Å². The number of anilines is 2. The maximum atomic E-state index is 4.76. The normalized spacial score (nSPS) is 14.3. The number of benzene rings is 1. The highest BCUT2D eigenvalue weighted by molar-refractivity contribution is 5.77. The number of nitrogens with zero attached hydrogens (tertiary/aromatic N) is 5. The van der Waals surface area contributed by atoms with Crippen LogP contribution < -0.4 is 10.6 Å². The van der Waals surface area contributed by atoms with Gasteiger partial charge in [-0.15, -0.1) is 0 Å². The van der Waals surface area contributed by atoms with Crippen molar-refractivity contribution in [3.8, 4) is 11.4 Å². The van der Waals surface area contributed by atoms with Gasteiger partial charge in [0.25, 0.3) is 0 Å². The predicted molar refractivity (Wildman–Crippen MR) is 128 cm³/mol. The van der Waals surface area contributed by atoms with E-state index < -0.39 is 0 Å². The molecule has 0 atom stereocenters. The Balaban J connectivity index is 1.28. The molecule has 1 aromatic carbocycles. The molecule has 0 radical (unpaired) electrons. The van der Waals surface area contributed by atoms with Crippen LogP contribution in [0.15, 0.2) is 55.0 Å². The first kappa shape index (κ1) is 20.6. The quantitative estimate of drug-likeness (QED) is 0.423. The SMILES string of the molecule is CCn1c(-c2ccncc2)nc2cnc(Nc3ccc(CCNC4CCCC4)cc3)nc21. The standard InChI is InChI=1S/C25H29N7/c1-2-32-23(19-12-14-26-15-13-19)30-22-17-28-25(31-24(22)32)29-21-9-7-18(8-10-21)11-16-27-20-5-3-4-6-20/h7-10,12-15,17,20,27H,2-6,11,16H2,1H3,(H,28,29,31). The first-order valence-corrected chi connectivity index (χ1v) is 11.5. The second-order valence-electron chi connectivity index (χ2n) is 8.33. The zero-order chi connectivity index (χ0) is 21.8. The van der Waals surface area contributed by atoms with Crippen molar-refractivity contribution < 1.29 is 0 Å². The molecule has 32 heavy (non-hydrogen) atoms. The zero-order valence-corrected chi connectivity index (χ0v) is 18.5. The zero-order valence-electron chi connectivity index (χ0n) is 18.5. The lowest BCUT2D eigenvalue weighted by Crippen LogP contribution is -2.27. The molecule has 0 unspecified atom stereocenters. The van der Waals surface area contributed by atoms with Crippen molar-refractivity contribution in [3.63, 3.8) is 0 Å². The Labute approximate surface area is 188 Å². The summed E-state index contributed by atoms with van der Waals surface area (Å²) in [6.45, 7) is 3.91. The van der Waals surface area contributed by atoms with Gasteiger partial charge in [-0.05, 0) is 62.6 Å². The molecule has 1 saturated carbocycles. The summed E-state index contributed by atoms with van der Waals surface area (Å²) < 4.78 is 2.11. The summed E-state index contributed by atoms with van der Waals surface area (Å²) >= 11 is 0. The highest BCUT2D eigenvalue weighted by Gasteiger charge is 2.15. The molecule has 3 aromatic heterocycles. The van der Waals surface area contributed by atoms with E-state index in [1.54, 1.807) is 18.6 Å². The molecule has 4 aromatic rings. The number of nitrogens with one attached hydrogen (secondary N) is 2. The molecule has 7 nitrogen and oxygen atoms in total. The summed E-state index contributed by atoms with van der Waals surface area (Å²) in [6, 6.07) is 13.2. The molecule has 0 bridgehead atoms. The molecular weight excluding hydrogens is 398 g/mol. The van der Waals surface area contributed by atoms with Crippen LogP contribution in [0.4, 0.5) is 11.6 Å².